The normalized spacial score (nSPS) is 20.3. The SMILES string of the molecule is O=C(CC1CCN(c2ccncc2)CC1)N1CCC([C@H]2c3ncc(Br)cc3CCc3cc(Cl)cc(Br)c32)CC1. The number of amides is 1. The van der Waals surface area contributed by atoms with Crippen LogP contribution in [0.2, 0.25) is 5.02 Å². The first-order valence-corrected chi connectivity index (χ1v) is 16.0. The van der Waals surface area contributed by atoms with Crippen molar-refractivity contribution in [2.45, 2.75) is 50.9 Å². The highest BCUT2D eigenvalue weighted by atomic mass is 79.9. The van der Waals surface area contributed by atoms with E-state index in [0.29, 0.717) is 24.2 Å². The molecule has 2 aromatic heterocycles. The highest BCUT2D eigenvalue weighted by Gasteiger charge is 2.36. The molecule has 204 valence electrons. The van der Waals surface area contributed by atoms with Gasteiger partial charge in [0.15, 0.2) is 0 Å². The summed E-state index contributed by atoms with van der Waals surface area (Å²) < 4.78 is 2.10. The van der Waals surface area contributed by atoms with Crippen molar-refractivity contribution in [1.82, 2.24) is 14.9 Å². The lowest BCUT2D eigenvalue weighted by atomic mass is 9.76. The highest BCUT2D eigenvalue weighted by Crippen LogP contribution is 2.46. The fourth-order valence-electron chi connectivity index (χ4n) is 6.84. The van der Waals surface area contributed by atoms with E-state index in [2.05, 4.69) is 70.9 Å². The Balaban J connectivity index is 1.12. The molecule has 4 heterocycles. The fraction of sp³-hybridized carbons (Fsp3) is 0.452. The van der Waals surface area contributed by atoms with Crippen molar-refractivity contribution in [2.24, 2.45) is 11.8 Å². The molecule has 0 unspecified atom stereocenters. The average molecular weight is 673 g/mol. The second kappa shape index (κ2) is 11.9. The lowest BCUT2D eigenvalue weighted by Crippen LogP contribution is -2.42. The minimum atomic E-state index is 0.201. The Morgan fingerprint density at radius 1 is 0.949 bits per heavy atom. The van der Waals surface area contributed by atoms with E-state index in [0.717, 1.165) is 78.7 Å². The summed E-state index contributed by atoms with van der Waals surface area (Å²) >= 11 is 14.0. The standard InChI is InChI=1S/C31H33Br2ClN4O/c32-24-16-23-2-1-22-17-25(34)18-27(33)29(22)30(31(23)36-19-24)21-7-13-38(14-8-21)28(39)15-20-5-11-37(12-6-20)26-3-9-35-10-4-26/h3-4,9-10,16-21,30H,1-2,5-8,11-15H2/t30-/m1/s1. The van der Waals surface area contributed by atoms with Crippen molar-refractivity contribution < 1.29 is 4.79 Å². The molecule has 1 atom stereocenters. The minimum Gasteiger partial charge on any atom is -0.371 e. The third-order valence-corrected chi connectivity index (χ3v) is 10.2. The molecule has 3 aromatic rings. The molecule has 1 aliphatic carbocycles. The number of piperidine rings is 2. The van der Waals surface area contributed by atoms with Gasteiger partial charge in [-0.2, -0.15) is 0 Å². The quantitative estimate of drug-likeness (QED) is 0.289. The van der Waals surface area contributed by atoms with Crippen LogP contribution in [0.4, 0.5) is 5.69 Å². The first-order valence-electron chi connectivity index (χ1n) is 14.0. The van der Waals surface area contributed by atoms with Gasteiger partial charge >= 0.3 is 0 Å². The van der Waals surface area contributed by atoms with Gasteiger partial charge in [-0.1, -0.05) is 27.5 Å². The molecule has 2 aliphatic heterocycles. The van der Waals surface area contributed by atoms with Gasteiger partial charge in [-0.3, -0.25) is 14.8 Å². The number of likely N-dealkylation sites (tertiary alicyclic amines) is 1. The van der Waals surface area contributed by atoms with Crippen LogP contribution in [0, 0.1) is 11.8 Å². The van der Waals surface area contributed by atoms with Gasteiger partial charge in [-0.05, 0) is 113 Å². The number of hydrogen-bond acceptors (Lipinski definition) is 4. The van der Waals surface area contributed by atoms with E-state index < -0.39 is 0 Å². The molecule has 1 amide bonds. The topological polar surface area (TPSA) is 49.3 Å². The minimum absolute atomic E-state index is 0.201. The first-order chi connectivity index (χ1) is 19.0. The summed E-state index contributed by atoms with van der Waals surface area (Å²) in [6.45, 7) is 3.66. The van der Waals surface area contributed by atoms with E-state index >= 15 is 0 Å². The van der Waals surface area contributed by atoms with E-state index in [-0.39, 0.29) is 5.92 Å². The van der Waals surface area contributed by atoms with Crippen molar-refractivity contribution in [1.29, 1.82) is 0 Å². The number of benzene rings is 1. The van der Waals surface area contributed by atoms with Crippen LogP contribution in [0.15, 0.2) is 57.9 Å². The van der Waals surface area contributed by atoms with Crippen LogP contribution in [0.3, 0.4) is 0 Å². The van der Waals surface area contributed by atoms with Crippen LogP contribution in [0.1, 0.15) is 60.4 Å². The van der Waals surface area contributed by atoms with Crippen molar-refractivity contribution in [3.63, 3.8) is 0 Å². The Hall–Kier alpha value is -1.96. The molecular formula is C31H33Br2ClN4O. The molecule has 2 fully saturated rings. The van der Waals surface area contributed by atoms with E-state index in [4.69, 9.17) is 16.6 Å². The van der Waals surface area contributed by atoms with Crippen LogP contribution in [-0.4, -0.2) is 47.0 Å². The number of anilines is 1. The van der Waals surface area contributed by atoms with Crippen LogP contribution < -0.4 is 4.90 Å². The molecule has 39 heavy (non-hydrogen) atoms. The molecule has 6 rings (SSSR count). The molecule has 3 aliphatic rings. The Morgan fingerprint density at radius 2 is 1.67 bits per heavy atom. The molecule has 5 nitrogen and oxygen atoms in total. The number of aryl methyl sites for hydroxylation is 2. The molecular weight excluding hydrogens is 640 g/mol. The van der Waals surface area contributed by atoms with Gasteiger partial charge in [0.05, 0.1) is 5.69 Å². The predicted molar refractivity (Wildman–Crippen MR) is 163 cm³/mol. The number of pyridine rings is 2. The number of carbonyl (C=O) groups excluding carboxylic acids is 1. The summed E-state index contributed by atoms with van der Waals surface area (Å²) in [5.41, 5.74) is 6.37. The monoisotopic (exact) mass is 670 g/mol. The van der Waals surface area contributed by atoms with Gasteiger partial charge in [-0.25, -0.2) is 0 Å². The Labute approximate surface area is 252 Å². The summed E-state index contributed by atoms with van der Waals surface area (Å²) in [5, 5.41) is 0.770. The zero-order chi connectivity index (χ0) is 26.9. The molecule has 0 bridgehead atoms. The maximum Gasteiger partial charge on any atom is 0.222 e. The smallest absolute Gasteiger partial charge is 0.222 e. The number of carbonyl (C=O) groups is 1. The Morgan fingerprint density at radius 3 is 2.41 bits per heavy atom. The van der Waals surface area contributed by atoms with Crippen molar-refractivity contribution in [3.8, 4) is 0 Å². The molecule has 0 radical (unpaired) electrons. The summed E-state index contributed by atoms with van der Waals surface area (Å²) in [6, 6.07) is 10.5. The van der Waals surface area contributed by atoms with E-state index in [1.807, 2.05) is 24.7 Å². The highest BCUT2D eigenvalue weighted by molar-refractivity contribution is 9.10. The third-order valence-electron chi connectivity index (χ3n) is 8.89. The second-order valence-electron chi connectivity index (χ2n) is 11.2. The zero-order valence-corrected chi connectivity index (χ0v) is 25.9. The van der Waals surface area contributed by atoms with E-state index in [9.17, 15) is 4.79 Å². The van der Waals surface area contributed by atoms with Gasteiger partial charge in [0.2, 0.25) is 5.91 Å². The maximum atomic E-state index is 13.3. The Bertz CT molecular complexity index is 1340. The van der Waals surface area contributed by atoms with Gasteiger partial charge in [0.1, 0.15) is 0 Å². The number of fused-ring (bicyclic) bond motifs is 2. The third kappa shape index (κ3) is 5.91. The number of aromatic nitrogens is 2. The van der Waals surface area contributed by atoms with Crippen molar-refractivity contribution in [3.05, 3.63) is 85.3 Å². The lowest BCUT2D eigenvalue weighted by Gasteiger charge is -2.38. The maximum absolute atomic E-state index is 13.3. The molecule has 0 saturated carbocycles. The van der Waals surface area contributed by atoms with Gasteiger partial charge in [0, 0.05) is 76.8 Å². The van der Waals surface area contributed by atoms with Gasteiger partial charge in [0.25, 0.3) is 0 Å². The van der Waals surface area contributed by atoms with Gasteiger partial charge < -0.3 is 9.80 Å². The fourth-order valence-corrected chi connectivity index (χ4v) is 8.34. The lowest BCUT2D eigenvalue weighted by molar-refractivity contribution is -0.133. The molecule has 0 N–H and O–H groups in total. The van der Waals surface area contributed by atoms with Crippen LogP contribution in [0.25, 0.3) is 0 Å². The van der Waals surface area contributed by atoms with Crippen molar-refractivity contribution in [2.75, 3.05) is 31.1 Å². The zero-order valence-electron chi connectivity index (χ0n) is 22.0. The summed E-state index contributed by atoms with van der Waals surface area (Å²) in [4.78, 5) is 27.0. The summed E-state index contributed by atoms with van der Waals surface area (Å²) in [5.74, 6) is 1.43. The van der Waals surface area contributed by atoms with Crippen LogP contribution >= 0.6 is 43.5 Å². The van der Waals surface area contributed by atoms with Crippen LogP contribution in [-0.2, 0) is 17.6 Å². The average Bonchev–Trinajstić information content (AvgIpc) is 3.11. The number of hydrogen-bond donors (Lipinski definition) is 0. The number of nitrogens with zero attached hydrogens (tertiary/aromatic N) is 4. The molecule has 1 aromatic carbocycles. The van der Waals surface area contributed by atoms with Crippen LogP contribution in [0.5, 0.6) is 0 Å². The first kappa shape index (κ1) is 27.2. The molecule has 2 saturated heterocycles. The second-order valence-corrected chi connectivity index (χ2v) is 13.4. The molecule has 8 heteroatoms. The predicted octanol–water partition coefficient (Wildman–Crippen LogP) is 7.43. The van der Waals surface area contributed by atoms with E-state index in [1.165, 1.54) is 28.1 Å². The van der Waals surface area contributed by atoms with E-state index in [1.54, 1.807) is 0 Å². The number of halogens is 3. The number of rotatable bonds is 4. The summed E-state index contributed by atoms with van der Waals surface area (Å²) in [7, 11) is 0. The van der Waals surface area contributed by atoms with Gasteiger partial charge in [-0.15, -0.1) is 0 Å². The summed E-state index contributed by atoms with van der Waals surface area (Å²) in [6.07, 6.45) is 12.3. The Kier molecular flexibility index (Phi) is 8.29. The molecule has 0 spiro atoms. The largest absolute Gasteiger partial charge is 0.371 e. The van der Waals surface area contributed by atoms with Crippen molar-refractivity contribution >= 4 is 55.1 Å².